The summed E-state index contributed by atoms with van der Waals surface area (Å²) in [5.41, 5.74) is 0.0576. The van der Waals surface area contributed by atoms with Crippen molar-refractivity contribution < 1.29 is 18.0 Å². The van der Waals surface area contributed by atoms with Crippen molar-refractivity contribution in [2.75, 3.05) is 0 Å². The van der Waals surface area contributed by atoms with Crippen LogP contribution in [-0.2, 0) is 11.0 Å². The fourth-order valence-corrected chi connectivity index (χ4v) is 2.42. The summed E-state index contributed by atoms with van der Waals surface area (Å²) in [6.45, 7) is 0. The smallest absolute Gasteiger partial charge is 0.299 e. The molecular weight excluding hydrogens is 241 g/mol. The first-order valence-corrected chi connectivity index (χ1v) is 6.18. The Morgan fingerprint density at radius 1 is 1.00 bits per heavy atom. The van der Waals surface area contributed by atoms with Crippen molar-refractivity contribution in [3.8, 4) is 0 Å². The van der Waals surface area contributed by atoms with E-state index < -0.39 is 11.7 Å². The minimum Gasteiger partial charge on any atom is -0.299 e. The Balaban J connectivity index is 2.20. The summed E-state index contributed by atoms with van der Waals surface area (Å²) in [4.78, 5) is 11.9. The molecule has 0 amide bonds. The van der Waals surface area contributed by atoms with Gasteiger partial charge in [-0.15, -0.1) is 0 Å². The molecule has 1 unspecified atom stereocenters. The highest BCUT2D eigenvalue weighted by molar-refractivity contribution is 5.85. The van der Waals surface area contributed by atoms with Crippen LogP contribution in [0.4, 0.5) is 13.2 Å². The van der Waals surface area contributed by atoms with E-state index in [0.29, 0.717) is 6.42 Å². The molecule has 1 atom stereocenters. The van der Waals surface area contributed by atoms with Crippen LogP contribution >= 0.6 is 0 Å². The maximum Gasteiger partial charge on any atom is 0.416 e. The number of carbonyl (C=O) groups excluding carboxylic acids is 1. The third-order valence-electron chi connectivity index (χ3n) is 3.45. The van der Waals surface area contributed by atoms with Gasteiger partial charge in [-0.05, 0) is 30.5 Å². The van der Waals surface area contributed by atoms with E-state index in [9.17, 15) is 18.0 Å². The molecule has 1 aromatic carbocycles. The molecule has 1 nitrogen and oxygen atoms in total. The van der Waals surface area contributed by atoms with E-state index in [1.54, 1.807) is 0 Å². The van der Waals surface area contributed by atoms with Crippen molar-refractivity contribution in [2.45, 2.75) is 44.2 Å². The molecule has 98 valence electrons. The third kappa shape index (κ3) is 2.92. The van der Waals surface area contributed by atoms with Crippen LogP contribution in [0, 0.1) is 0 Å². The molecule has 0 radical (unpaired) electrons. The van der Waals surface area contributed by atoms with E-state index >= 15 is 0 Å². The van der Waals surface area contributed by atoms with E-state index in [4.69, 9.17) is 0 Å². The fourth-order valence-electron chi connectivity index (χ4n) is 2.42. The van der Waals surface area contributed by atoms with Crippen LogP contribution in [-0.4, -0.2) is 5.78 Å². The normalized spacial score (nSPS) is 21.7. The highest BCUT2D eigenvalue weighted by Gasteiger charge is 2.30. The zero-order valence-corrected chi connectivity index (χ0v) is 9.96. The van der Waals surface area contributed by atoms with Gasteiger partial charge in [0.2, 0.25) is 0 Å². The van der Waals surface area contributed by atoms with Crippen molar-refractivity contribution in [3.63, 3.8) is 0 Å². The van der Waals surface area contributed by atoms with Gasteiger partial charge in [0.25, 0.3) is 0 Å². The lowest BCUT2D eigenvalue weighted by atomic mass is 9.90. The zero-order valence-electron chi connectivity index (χ0n) is 9.96. The van der Waals surface area contributed by atoms with Gasteiger partial charge in [-0.3, -0.25) is 4.79 Å². The number of Topliss-reactive ketones (excluding diaryl/α,β-unsaturated/α-hetero) is 1. The van der Waals surface area contributed by atoms with Crippen molar-refractivity contribution in [1.29, 1.82) is 0 Å². The Hall–Kier alpha value is -1.32. The first-order chi connectivity index (χ1) is 8.48. The minimum atomic E-state index is -4.31. The van der Waals surface area contributed by atoms with Crippen molar-refractivity contribution in [1.82, 2.24) is 0 Å². The Morgan fingerprint density at radius 3 is 2.28 bits per heavy atom. The maximum absolute atomic E-state index is 12.4. The molecule has 0 aliphatic heterocycles. The van der Waals surface area contributed by atoms with E-state index in [1.807, 2.05) is 0 Å². The summed E-state index contributed by atoms with van der Waals surface area (Å²) in [7, 11) is 0. The summed E-state index contributed by atoms with van der Waals surface area (Å²) in [6.07, 6.45) is -0.113. The second-order valence-electron chi connectivity index (χ2n) is 4.74. The van der Waals surface area contributed by atoms with Crippen molar-refractivity contribution >= 4 is 5.78 Å². The predicted molar refractivity (Wildman–Crippen MR) is 62.3 cm³/mol. The standard InChI is InChI=1S/C14H15F3O/c15-14(16,17)11-8-6-10(7-9-11)12-4-2-1-3-5-13(12)18/h6-9,12H,1-5H2. The number of rotatable bonds is 1. The highest BCUT2D eigenvalue weighted by atomic mass is 19.4. The van der Waals surface area contributed by atoms with Crippen LogP contribution < -0.4 is 0 Å². The topological polar surface area (TPSA) is 17.1 Å². The van der Waals surface area contributed by atoms with Gasteiger partial charge in [0.05, 0.1) is 5.56 Å². The molecule has 4 heteroatoms. The predicted octanol–water partition coefficient (Wildman–Crippen LogP) is 4.32. The maximum atomic E-state index is 12.4. The first-order valence-electron chi connectivity index (χ1n) is 6.18. The summed E-state index contributed by atoms with van der Waals surface area (Å²) < 4.78 is 37.3. The van der Waals surface area contributed by atoms with Crippen LogP contribution in [0.25, 0.3) is 0 Å². The zero-order chi connectivity index (χ0) is 13.2. The van der Waals surface area contributed by atoms with Gasteiger partial charge in [-0.25, -0.2) is 0 Å². The Bertz CT molecular complexity index is 420. The molecule has 1 aromatic rings. The first kappa shape index (κ1) is 13.1. The van der Waals surface area contributed by atoms with Gasteiger partial charge < -0.3 is 0 Å². The third-order valence-corrected chi connectivity index (χ3v) is 3.45. The summed E-state index contributed by atoms with van der Waals surface area (Å²) in [5, 5.41) is 0. The summed E-state index contributed by atoms with van der Waals surface area (Å²) in [5.74, 6) is -0.0537. The highest BCUT2D eigenvalue weighted by Crippen LogP contribution is 2.33. The van der Waals surface area contributed by atoms with Crippen LogP contribution in [0.3, 0.4) is 0 Å². The van der Waals surface area contributed by atoms with E-state index in [2.05, 4.69) is 0 Å². The van der Waals surface area contributed by atoms with Gasteiger partial charge in [-0.1, -0.05) is 25.0 Å². The van der Waals surface area contributed by atoms with Crippen LogP contribution in [0.5, 0.6) is 0 Å². The van der Waals surface area contributed by atoms with Gasteiger partial charge in [0, 0.05) is 12.3 Å². The van der Waals surface area contributed by atoms with Crippen LogP contribution in [0.2, 0.25) is 0 Å². The monoisotopic (exact) mass is 256 g/mol. The molecule has 0 spiro atoms. The summed E-state index contributed by atoms with van der Waals surface area (Å²) >= 11 is 0. The van der Waals surface area contributed by atoms with Crippen molar-refractivity contribution in [2.24, 2.45) is 0 Å². The molecule has 2 rings (SSSR count). The molecule has 0 heterocycles. The van der Waals surface area contributed by atoms with Gasteiger partial charge in [-0.2, -0.15) is 13.2 Å². The van der Waals surface area contributed by atoms with Crippen LogP contribution in [0.15, 0.2) is 24.3 Å². The number of ketones is 1. The Kier molecular flexibility index (Phi) is 3.73. The second kappa shape index (κ2) is 5.12. The lowest BCUT2D eigenvalue weighted by Crippen LogP contribution is -2.11. The molecule has 0 N–H and O–H groups in total. The quantitative estimate of drug-likeness (QED) is 0.684. The molecule has 0 bridgehead atoms. The molecule has 1 aliphatic carbocycles. The molecule has 18 heavy (non-hydrogen) atoms. The van der Waals surface area contributed by atoms with Crippen LogP contribution in [0.1, 0.15) is 49.1 Å². The number of halogens is 3. The van der Waals surface area contributed by atoms with Gasteiger partial charge in [0.1, 0.15) is 5.78 Å². The molecule has 0 aromatic heterocycles. The summed E-state index contributed by atoms with van der Waals surface area (Å²) in [6, 6.07) is 5.01. The average molecular weight is 256 g/mol. The SMILES string of the molecule is O=C1CCCCCC1c1ccc(C(F)(F)F)cc1. The average Bonchev–Trinajstić information content (AvgIpc) is 2.53. The minimum absolute atomic E-state index is 0.159. The second-order valence-corrected chi connectivity index (χ2v) is 4.74. The molecule has 0 saturated heterocycles. The van der Waals surface area contributed by atoms with E-state index in [-0.39, 0.29) is 11.7 Å². The number of carbonyl (C=O) groups is 1. The number of alkyl halides is 3. The van der Waals surface area contributed by atoms with Gasteiger partial charge in [0.15, 0.2) is 0 Å². The fraction of sp³-hybridized carbons (Fsp3) is 0.500. The number of hydrogen-bond acceptors (Lipinski definition) is 1. The largest absolute Gasteiger partial charge is 0.416 e. The van der Waals surface area contributed by atoms with E-state index in [1.165, 1.54) is 12.1 Å². The number of benzene rings is 1. The van der Waals surface area contributed by atoms with Crippen molar-refractivity contribution in [3.05, 3.63) is 35.4 Å². The molecule has 1 aliphatic rings. The molecule has 1 saturated carbocycles. The molecule has 1 fully saturated rings. The Labute approximate surface area is 104 Å². The Morgan fingerprint density at radius 2 is 1.67 bits per heavy atom. The number of hydrogen-bond donors (Lipinski definition) is 0. The van der Waals surface area contributed by atoms with Gasteiger partial charge >= 0.3 is 6.18 Å². The molecular formula is C14H15F3O. The lowest BCUT2D eigenvalue weighted by molar-refractivity contribution is -0.137. The lowest BCUT2D eigenvalue weighted by Gasteiger charge is -2.14. The van der Waals surface area contributed by atoms with E-state index in [0.717, 1.165) is 43.4 Å².